The largest absolute Gasteiger partial charge is 0.495 e. The Kier molecular flexibility index (Phi) is 3.61. The van der Waals surface area contributed by atoms with E-state index in [1.165, 1.54) is 0 Å². The smallest absolute Gasteiger partial charge is 0.153 e. The van der Waals surface area contributed by atoms with E-state index in [4.69, 9.17) is 16.3 Å². The molecule has 94 valence electrons. The Hall–Kier alpha value is -0.780. The van der Waals surface area contributed by atoms with Crippen LogP contribution in [-0.2, 0) is 9.84 Å². The zero-order valence-electron chi connectivity index (χ0n) is 9.44. The van der Waals surface area contributed by atoms with Gasteiger partial charge in [0.15, 0.2) is 9.84 Å². The predicted molar refractivity (Wildman–Crippen MR) is 67.4 cm³/mol. The number of nitrogens with one attached hydrogen (secondary N) is 1. The number of halogens is 1. The van der Waals surface area contributed by atoms with E-state index in [1.54, 1.807) is 19.2 Å². The molecule has 0 bridgehead atoms. The molecule has 0 aliphatic carbocycles. The molecule has 0 aromatic heterocycles. The lowest BCUT2D eigenvalue weighted by Crippen LogP contribution is -2.39. The molecule has 0 saturated carbocycles. The molecule has 2 rings (SSSR count). The minimum absolute atomic E-state index is 0.121. The normalized spacial score (nSPS) is 23.3. The van der Waals surface area contributed by atoms with Gasteiger partial charge in [-0.05, 0) is 17.7 Å². The van der Waals surface area contributed by atoms with E-state index in [0.717, 1.165) is 5.56 Å². The van der Waals surface area contributed by atoms with Crippen LogP contribution in [0, 0.1) is 0 Å². The van der Waals surface area contributed by atoms with Crippen molar-refractivity contribution in [3.05, 3.63) is 28.8 Å². The Labute approximate surface area is 106 Å². The Bertz CT molecular complexity index is 515. The highest BCUT2D eigenvalue weighted by molar-refractivity contribution is 7.91. The number of rotatable bonds is 2. The third kappa shape index (κ3) is 2.91. The van der Waals surface area contributed by atoms with Crippen LogP contribution in [0.1, 0.15) is 11.6 Å². The molecule has 1 fully saturated rings. The highest BCUT2D eigenvalue weighted by Gasteiger charge is 2.25. The van der Waals surface area contributed by atoms with Crippen molar-refractivity contribution in [3.63, 3.8) is 0 Å². The van der Waals surface area contributed by atoms with E-state index in [-0.39, 0.29) is 17.5 Å². The fourth-order valence-electron chi connectivity index (χ4n) is 1.90. The number of methoxy groups -OCH3 is 1. The molecule has 6 heteroatoms. The first kappa shape index (κ1) is 12.7. The summed E-state index contributed by atoms with van der Waals surface area (Å²) in [5, 5.41) is 3.67. The Morgan fingerprint density at radius 3 is 2.82 bits per heavy atom. The maximum atomic E-state index is 11.5. The van der Waals surface area contributed by atoms with E-state index in [0.29, 0.717) is 17.3 Å². The summed E-state index contributed by atoms with van der Waals surface area (Å²) in [6.45, 7) is 0.483. The number of benzene rings is 1. The van der Waals surface area contributed by atoms with E-state index in [9.17, 15) is 8.42 Å². The Morgan fingerprint density at radius 2 is 2.24 bits per heavy atom. The second kappa shape index (κ2) is 4.84. The standard InChI is InChI=1S/C11H14ClNO3S/c1-16-11-3-2-8(6-9(11)12)10-7-17(14,15)5-4-13-10/h2-3,6,10,13H,4-5,7H2,1H3. The molecular formula is C11H14ClNO3S. The van der Waals surface area contributed by atoms with Crippen LogP contribution in [0.5, 0.6) is 5.75 Å². The second-order valence-electron chi connectivity index (χ2n) is 4.02. The molecule has 1 aliphatic heterocycles. The van der Waals surface area contributed by atoms with Crippen LogP contribution in [0.25, 0.3) is 0 Å². The molecule has 1 aromatic rings. The molecule has 1 unspecified atom stereocenters. The molecule has 0 radical (unpaired) electrons. The van der Waals surface area contributed by atoms with Crippen LogP contribution < -0.4 is 10.1 Å². The first-order valence-electron chi connectivity index (χ1n) is 5.29. The van der Waals surface area contributed by atoms with Gasteiger partial charge in [0.2, 0.25) is 0 Å². The molecule has 1 heterocycles. The molecule has 0 spiro atoms. The molecule has 4 nitrogen and oxygen atoms in total. The van der Waals surface area contributed by atoms with Gasteiger partial charge in [0.05, 0.1) is 23.6 Å². The lowest BCUT2D eigenvalue weighted by atomic mass is 10.1. The van der Waals surface area contributed by atoms with Crippen molar-refractivity contribution >= 4 is 21.4 Å². The van der Waals surface area contributed by atoms with Gasteiger partial charge in [-0.25, -0.2) is 8.42 Å². The quantitative estimate of drug-likeness (QED) is 0.887. The number of hydrogen-bond acceptors (Lipinski definition) is 4. The van der Waals surface area contributed by atoms with Crippen LogP contribution in [0.3, 0.4) is 0 Å². The van der Waals surface area contributed by atoms with Gasteiger partial charge in [-0.1, -0.05) is 17.7 Å². The van der Waals surface area contributed by atoms with Gasteiger partial charge < -0.3 is 10.1 Å². The van der Waals surface area contributed by atoms with Crippen molar-refractivity contribution in [1.29, 1.82) is 0 Å². The van der Waals surface area contributed by atoms with Crippen LogP contribution in [0.15, 0.2) is 18.2 Å². The van der Waals surface area contributed by atoms with Crippen molar-refractivity contribution in [2.24, 2.45) is 0 Å². The number of hydrogen-bond donors (Lipinski definition) is 1. The van der Waals surface area contributed by atoms with Gasteiger partial charge in [0.25, 0.3) is 0 Å². The summed E-state index contributed by atoms with van der Waals surface area (Å²) in [4.78, 5) is 0. The van der Waals surface area contributed by atoms with E-state index in [2.05, 4.69) is 5.32 Å². The van der Waals surface area contributed by atoms with Crippen LogP contribution in [0.2, 0.25) is 5.02 Å². The van der Waals surface area contributed by atoms with Crippen LogP contribution >= 0.6 is 11.6 Å². The third-order valence-electron chi connectivity index (χ3n) is 2.80. The minimum Gasteiger partial charge on any atom is -0.495 e. The monoisotopic (exact) mass is 275 g/mol. The van der Waals surface area contributed by atoms with Gasteiger partial charge in [0, 0.05) is 12.6 Å². The summed E-state index contributed by atoms with van der Waals surface area (Å²) in [5.41, 5.74) is 0.874. The highest BCUT2D eigenvalue weighted by Crippen LogP contribution is 2.28. The van der Waals surface area contributed by atoms with Crippen molar-refractivity contribution in [3.8, 4) is 5.75 Å². The lowest BCUT2D eigenvalue weighted by molar-refractivity contribution is 0.414. The Balaban J connectivity index is 2.25. The maximum absolute atomic E-state index is 11.5. The van der Waals surface area contributed by atoms with Gasteiger partial charge in [-0.2, -0.15) is 0 Å². The first-order chi connectivity index (χ1) is 8.02. The fourth-order valence-corrected chi connectivity index (χ4v) is 3.58. The molecule has 1 atom stereocenters. The molecule has 1 aliphatic rings. The SMILES string of the molecule is COc1ccc(C2CS(=O)(=O)CCN2)cc1Cl. The number of sulfone groups is 1. The van der Waals surface area contributed by atoms with Gasteiger partial charge in [-0.3, -0.25) is 0 Å². The second-order valence-corrected chi connectivity index (χ2v) is 6.65. The van der Waals surface area contributed by atoms with E-state index < -0.39 is 9.84 Å². The minimum atomic E-state index is -2.95. The fraction of sp³-hybridized carbons (Fsp3) is 0.455. The summed E-state index contributed by atoms with van der Waals surface area (Å²) < 4.78 is 28.1. The van der Waals surface area contributed by atoms with E-state index in [1.807, 2.05) is 6.07 Å². The third-order valence-corrected chi connectivity index (χ3v) is 4.77. The van der Waals surface area contributed by atoms with Crippen LogP contribution in [-0.4, -0.2) is 33.6 Å². The van der Waals surface area contributed by atoms with Crippen molar-refractivity contribution < 1.29 is 13.2 Å². The van der Waals surface area contributed by atoms with Crippen LogP contribution in [0.4, 0.5) is 0 Å². The molecule has 1 N–H and O–H groups in total. The topological polar surface area (TPSA) is 55.4 Å². The summed E-state index contributed by atoms with van der Waals surface area (Å²) in [5.74, 6) is 0.914. The average molecular weight is 276 g/mol. The van der Waals surface area contributed by atoms with E-state index >= 15 is 0 Å². The zero-order chi connectivity index (χ0) is 12.5. The summed E-state index contributed by atoms with van der Waals surface area (Å²) in [6, 6.07) is 5.15. The molecule has 1 aromatic carbocycles. The first-order valence-corrected chi connectivity index (χ1v) is 7.49. The van der Waals surface area contributed by atoms with Crippen molar-refractivity contribution in [2.45, 2.75) is 6.04 Å². The predicted octanol–water partition coefficient (Wildman–Crippen LogP) is 1.41. The van der Waals surface area contributed by atoms with Gasteiger partial charge in [-0.15, -0.1) is 0 Å². The summed E-state index contributed by atoms with van der Waals surface area (Å²) in [7, 11) is -1.40. The zero-order valence-corrected chi connectivity index (χ0v) is 11.0. The summed E-state index contributed by atoms with van der Waals surface area (Å²) >= 11 is 6.02. The van der Waals surface area contributed by atoms with Crippen molar-refractivity contribution in [2.75, 3.05) is 25.2 Å². The highest BCUT2D eigenvalue weighted by atomic mass is 35.5. The lowest BCUT2D eigenvalue weighted by Gasteiger charge is -2.24. The number of ether oxygens (including phenoxy) is 1. The summed E-state index contributed by atoms with van der Waals surface area (Å²) in [6.07, 6.45) is 0. The molecule has 1 saturated heterocycles. The molecule has 17 heavy (non-hydrogen) atoms. The van der Waals surface area contributed by atoms with Gasteiger partial charge in [0.1, 0.15) is 5.75 Å². The molecular weight excluding hydrogens is 262 g/mol. The Morgan fingerprint density at radius 1 is 1.47 bits per heavy atom. The van der Waals surface area contributed by atoms with Crippen molar-refractivity contribution in [1.82, 2.24) is 5.32 Å². The average Bonchev–Trinajstić information content (AvgIpc) is 2.27. The van der Waals surface area contributed by atoms with Gasteiger partial charge >= 0.3 is 0 Å². The maximum Gasteiger partial charge on any atom is 0.153 e. The molecule has 0 amide bonds.